The second kappa shape index (κ2) is 9.90. The largest absolute Gasteiger partial charge is 0.494 e. The number of aryl methyl sites for hydroxylation is 1. The standard InChI is InChI=1S/C22H23N3O7/c1-3-14-4-6-16(7-5-14)23-20(26)13-32-22(28)15-10-21(27)24(12-15)18-9-8-17(25(29)30)11-19(18)31-2/h4-9,11,15H,3,10,12-13H2,1-2H3,(H,23,26)/t15-/m0/s1. The van der Waals surface area contributed by atoms with E-state index in [-0.39, 0.29) is 30.3 Å². The Kier molecular flexibility index (Phi) is 7.04. The molecular weight excluding hydrogens is 418 g/mol. The molecule has 1 atom stereocenters. The number of non-ortho nitro benzene ring substituents is 1. The van der Waals surface area contributed by atoms with E-state index in [0.717, 1.165) is 12.0 Å². The van der Waals surface area contributed by atoms with Crippen molar-refractivity contribution in [3.05, 3.63) is 58.1 Å². The summed E-state index contributed by atoms with van der Waals surface area (Å²) in [4.78, 5) is 48.6. The molecule has 1 saturated heterocycles. The quantitative estimate of drug-likeness (QED) is 0.379. The van der Waals surface area contributed by atoms with E-state index in [9.17, 15) is 24.5 Å². The third-order valence-corrected chi connectivity index (χ3v) is 5.11. The molecule has 168 valence electrons. The number of anilines is 2. The average Bonchev–Trinajstić information content (AvgIpc) is 3.18. The van der Waals surface area contributed by atoms with E-state index < -0.39 is 29.3 Å². The number of esters is 1. The molecule has 10 nitrogen and oxygen atoms in total. The van der Waals surface area contributed by atoms with Gasteiger partial charge < -0.3 is 19.7 Å². The molecule has 0 saturated carbocycles. The normalized spacial score (nSPS) is 15.4. The van der Waals surface area contributed by atoms with Gasteiger partial charge in [0.05, 0.1) is 29.7 Å². The van der Waals surface area contributed by atoms with E-state index in [1.807, 2.05) is 19.1 Å². The van der Waals surface area contributed by atoms with Gasteiger partial charge in [0.1, 0.15) is 5.75 Å². The molecule has 0 unspecified atom stereocenters. The zero-order chi connectivity index (χ0) is 23.3. The molecule has 3 rings (SSSR count). The van der Waals surface area contributed by atoms with Crippen LogP contribution in [0.5, 0.6) is 5.75 Å². The number of nitro groups is 1. The number of hydrogen-bond donors (Lipinski definition) is 1. The lowest BCUT2D eigenvalue weighted by Gasteiger charge is -2.19. The Morgan fingerprint density at radius 1 is 1.22 bits per heavy atom. The monoisotopic (exact) mass is 441 g/mol. The number of nitrogens with zero attached hydrogens (tertiary/aromatic N) is 2. The van der Waals surface area contributed by atoms with Crippen LogP contribution >= 0.6 is 0 Å². The topological polar surface area (TPSA) is 128 Å². The molecule has 1 aliphatic heterocycles. The second-order valence-electron chi connectivity index (χ2n) is 7.23. The number of ether oxygens (including phenoxy) is 2. The number of carbonyl (C=O) groups is 3. The van der Waals surface area contributed by atoms with Crippen molar-refractivity contribution in [1.82, 2.24) is 0 Å². The molecule has 32 heavy (non-hydrogen) atoms. The summed E-state index contributed by atoms with van der Waals surface area (Å²) in [5.74, 6) is -2.12. The van der Waals surface area contributed by atoms with Crippen LogP contribution in [0.2, 0.25) is 0 Å². The van der Waals surface area contributed by atoms with Crippen LogP contribution < -0.4 is 15.0 Å². The van der Waals surface area contributed by atoms with Crippen molar-refractivity contribution in [1.29, 1.82) is 0 Å². The number of nitro benzene ring substituents is 1. The molecule has 10 heteroatoms. The summed E-state index contributed by atoms with van der Waals surface area (Å²) in [5.41, 5.74) is 1.88. The minimum atomic E-state index is -0.765. The highest BCUT2D eigenvalue weighted by atomic mass is 16.6. The smallest absolute Gasteiger partial charge is 0.311 e. The van der Waals surface area contributed by atoms with Crippen molar-refractivity contribution in [2.24, 2.45) is 5.92 Å². The Morgan fingerprint density at radius 3 is 2.56 bits per heavy atom. The van der Waals surface area contributed by atoms with Gasteiger partial charge in [-0.15, -0.1) is 0 Å². The Bertz CT molecular complexity index is 1040. The Hall–Kier alpha value is -3.95. The first-order valence-electron chi connectivity index (χ1n) is 10.0. The molecule has 0 spiro atoms. The summed E-state index contributed by atoms with van der Waals surface area (Å²) >= 11 is 0. The fraction of sp³-hybridized carbons (Fsp3) is 0.318. The lowest BCUT2D eigenvalue weighted by Crippen LogP contribution is -2.28. The first kappa shape index (κ1) is 22.7. The highest BCUT2D eigenvalue weighted by molar-refractivity contribution is 6.01. The molecule has 1 fully saturated rings. The van der Waals surface area contributed by atoms with Crippen molar-refractivity contribution < 1.29 is 28.8 Å². The number of rotatable bonds is 8. The Balaban J connectivity index is 1.58. The van der Waals surface area contributed by atoms with Gasteiger partial charge in [-0.3, -0.25) is 24.5 Å². The molecule has 1 aliphatic rings. The Labute approximate surface area is 184 Å². The molecule has 0 aliphatic carbocycles. The molecule has 0 bridgehead atoms. The van der Waals surface area contributed by atoms with Gasteiger partial charge in [0.2, 0.25) is 5.91 Å². The molecule has 1 heterocycles. The van der Waals surface area contributed by atoms with Gasteiger partial charge in [-0.2, -0.15) is 0 Å². The van der Waals surface area contributed by atoms with Gasteiger partial charge in [0.25, 0.3) is 11.6 Å². The van der Waals surface area contributed by atoms with Crippen LogP contribution in [0.1, 0.15) is 18.9 Å². The first-order valence-corrected chi connectivity index (χ1v) is 10.0. The predicted octanol–water partition coefficient (Wildman–Crippen LogP) is 2.70. The van der Waals surface area contributed by atoms with E-state index in [4.69, 9.17) is 9.47 Å². The number of hydrogen-bond acceptors (Lipinski definition) is 7. The number of benzene rings is 2. The SMILES string of the molecule is CCc1ccc(NC(=O)COC(=O)[C@H]2CC(=O)N(c3ccc([N+](=O)[O-])cc3OC)C2)cc1. The number of carbonyl (C=O) groups excluding carboxylic acids is 3. The fourth-order valence-corrected chi connectivity index (χ4v) is 3.38. The van der Waals surface area contributed by atoms with Crippen LogP contribution in [0, 0.1) is 16.0 Å². The van der Waals surface area contributed by atoms with Gasteiger partial charge in [0.15, 0.2) is 6.61 Å². The molecule has 1 N–H and O–H groups in total. The predicted molar refractivity (Wildman–Crippen MR) is 116 cm³/mol. The molecule has 2 aromatic carbocycles. The van der Waals surface area contributed by atoms with Gasteiger partial charge in [-0.05, 0) is 30.2 Å². The summed E-state index contributed by atoms with van der Waals surface area (Å²) in [6, 6.07) is 11.2. The third kappa shape index (κ3) is 5.20. The van der Waals surface area contributed by atoms with Crippen molar-refractivity contribution in [2.75, 3.05) is 30.5 Å². The van der Waals surface area contributed by atoms with E-state index in [1.54, 1.807) is 12.1 Å². The third-order valence-electron chi connectivity index (χ3n) is 5.11. The first-order chi connectivity index (χ1) is 15.3. The second-order valence-corrected chi connectivity index (χ2v) is 7.23. The maximum atomic E-state index is 12.5. The van der Waals surface area contributed by atoms with Gasteiger partial charge in [-0.25, -0.2) is 0 Å². The van der Waals surface area contributed by atoms with Crippen LogP contribution in [0.15, 0.2) is 42.5 Å². The van der Waals surface area contributed by atoms with E-state index in [2.05, 4.69) is 5.32 Å². The zero-order valence-corrected chi connectivity index (χ0v) is 17.7. The van der Waals surface area contributed by atoms with E-state index in [1.165, 1.54) is 30.2 Å². The van der Waals surface area contributed by atoms with E-state index in [0.29, 0.717) is 11.4 Å². The zero-order valence-electron chi connectivity index (χ0n) is 17.7. The number of methoxy groups -OCH3 is 1. The Morgan fingerprint density at radius 2 is 1.94 bits per heavy atom. The van der Waals surface area contributed by atoms with Gasteiger partial charge in [0, 0.05) is 24.7 Å². The number of amides is 2. The lowest BCUT2D eigenvalue weighted by atomic mass is 10.1. The molecule has 2 amide bonds. The van der Waals surface area contributed by atoms with Crippen molar-refractivity contribution in [3.63, 3.8) is 0 Å². The van der Waals surface area contributed by atoms with Gasteiger partial charge >= 0.3 is 5.97 Å². The van der Waals surface area contributed by atoms with Crippen LogP contribution in [0.4, 0.5) is 17.1 Å². The molecular formula is C22H23N3O7. The summed E-state index contributed by atoms with van der Waals surface area (Å²) in [5, 5.41) is 13.6. The summed E-state index contributed by atoms with van der Waals surface area (Å²) in [7, 11) is 1.34. The highest BCUT2D eigenvalue weighted by Gasteiger charge is 2.37. The minimum Gasteiger partial charge on any atom is -0.494 e. The summed E-state index contributed by atoms with van der Waals surface area (Å²) in [6.07, 6.45) is 0.786. The maximum absolute atomic E-state index is 12.5. The van der Waals surface area contributed by atoms with Crippen LogP contribution in [0.3, 0.4) is 0 Å². The van der Waals surface area contributed by atoms with Crippen molar-refractivity contribution in [2.45, 2.75) is 19.8 Å². The molecule has 0 aromatic heterocycles. The molecule has 2 aromatic rings. The minimum absolute atomic E-state index is 0.0198. The van der Waals surface area contributed by atoms with Crippen molar-refractivity contribution >= 4 is 34.8 Å². The van der Waals surface area contributed by atoms with E-state index >= 15 is 0 Å². The summed E-state index contributed by atoms with van der Waals surface area (Å²) < 4.78 is 10.3. The lowest BCUT2D eigenvalue weighted by molar-refractivity contribution is -0.384. The van der Waals surface area contributed by atoms with Crippen LogP contribution in [0.25, 0.3) is 0 Å². The fourth-order valence-electron chi connectivity index (χ4n) is 3.38. The summed E-state index contributed by atoms with van der Waals surface area (Å²) in [6.45, 7) is 1.57. The average molecular weight is 441 g/mol. The van der Waals surface area contributed by atoms with Gasteiger partial charge in [-0.1, -0.05) is 19.1 Å². The highest BCUT2D eigenvalue weighted by Crippen LogP contribution is 2.35. The van der Waals surface area contributed by atoms with Crippen LogP contribution in [-0.2, 0) is 25.5 Å². The van der Waals surface area contributed by atoms with Crippen LogP contribution in [-0.4, -0.2) is 43.0 Å². The van der Waals surface area contributed by atoms with Crippen molar-refractivity contribution in [3.8, 4) is 5.75 Å². The number of nitrogens with one attached hydrogen (secondary N) is 1. The maximum Gasteiger partial charge on any atom is 0.311 e. The molecule has 0 radical (unpaired) electrons.